The number of amides is 1. The van der Waals surface area contributed by atoms with Gasteiger partial charge in [0.25, 0.3) is 0 Å². The van der Waals surface area contributed by atoms with Crippen molar-refractivity contribution in [2.24, 2.45) is 0 Å². The number of anilines is 1. The fourth-order valence-corrected chi connectivity index (χ4v) is 2.67. The van der Waals surface area contributed by atoms with E-state index in [2.05, 4.69) is 15.4 Å². The van der Waals surface area contributed by atoms with Gasteiger partial charge in [0.15, 0.2) is 5.82 Å². The second-order valence-corrected chi connectivity index (χ2v) is 5.62. The summed E-state index contributed by atoms with van der Waals surface area (Å²) in [7, 11) is 1.60. The number of ether oxygens (including phenoxy) is 1. The number of para-hydroxylation sites is 1. The van der Waals surface area contributed by atoms with Crippen LogP contribution in [-0.4, -0.2) is 27.8 Å². The second-order valence-electron chi connectivity index (χ2n) is 5.62. The molecule has 1 amide bonds. The third-order valence-electron chi connectivity index (χ3n) is 3.77. The van der Waals surface area contributed by atoms with Crippen LogP contribution < -0.4 is 10.1 Å². The summed E-state index contributed by atoms with van der Waals surface area (Å²) < 4.78 is 6.97. The zero-order valence-electron chi connectivity index (χ0n) is 14.2. The molecule has 0 radical (unpaired) electrons. The monoisotopic (exact) mass is 335 g/mol. The van der Waals surface area contributed by atoms with Crippen LogP contribution in [0.2, 0.25) is 0 Å². The van der Waals surface area contributed by atoms with Gasteiger partial charge in [-0.2, -0.15) is 15.0 Å². The Morgan fingerprint density at radius 3 is 2.88 bits per heavy atom. The summed E-state index contributed by atoms with van der Waals surface area (Å²) in [6, 6.07) is 11.2. The van der Waals surface area contributed by atoms with Gasteiger partial charge in [-0.3, -0.25) is 4.79 Å². The number of hydrogen-bond donors (Lipinski definition) is 1. The molecular formula is C18H17N5O2. The van der Waals surface area contributed by atoms with Crippen LogP contribution in [0, 0.1) is 25.2 Å². The van der Waals surface area contributed by atoms with Crippen molar-refractivity contribution in [1.82, 2.24) is 14.8 Å². The number of rotatable bonds is 4. The summed E-state index contributed by atoms with van der Waals surface area (Å²) >= 11 is 0. The molecule has 7 heteroatoms. The smallest absolute Gasteiger partial charge is 0.239 e. The average Bonchev–Trinajstić information content (AvgIpc) is 2.94. The summed E-state index contributed by atoms with van der Waals surface area (Å²) in [5.74, 6) is 1.31. The van der Waals surface area contributed by atoms with Crippen LogP contribution in [0.4, 0.5) is 5.82 Å². The van der Waals surface area contributed by atoms with Crippen LogP contribution in [0.5, 0.6) is 5.75 Å². The highest BCUT2D eigenvalue weighted by atomic mass is 16.5. The molecule has 7 nitrogen and oxygen atoms in total. The molecule has 1 N–H and O–H groups in total. The Bertz CT molecular complexity index is 1000. The summed E-state index contributed by atoms with van der Waals surface area (Å²) in [5.41, 5.74) is 2.47. The number of methoxy groups -OCH3 is 1. The maximum absolute atomic E-state index is 11.8. The van der Waals surface area contributed by atoms with Crippen molar-refractivity contribution in [3.63, 3.8) is 0 Å². The lowest BCUT2D eigenvalue weighted by Crippen LogP contribution is -2.14. The van der Waals surface area contributed by atoms with E-state index < -0.39 is 5.91 Å². The molecule has 0 saturated heterocycles. The number of hydrogen-bond acceptors (Lipinski definition) is 5. The van der Waals surface area contributed by atoms with Crippen molar-refractivity contribution in [2.75, 3.05) is 12.4 Å². The van der Waals surface area contributed by atoms with Gasteiger partial charge in [0, 0.05) is 11.5 Å². The number of benzene rings is 1. The Hall–Kier alpha value is -3.40. The number of nitrogens with one attached hydrogen (secondary N) is 1. The Morgan fingerprint density at radius 1 is 1.36 bits per heavy atom. The molecule has 0 aliphatic rings. The van der Waals surface area contributed by atoms with Crippen LogP contribution in [-0.2, 0) is 4.79 Å². The molecule has 0 unspecified atom stereocenters. The minimum atomic E-state index is -0.390. The first-order valence-corrected chi connectivity index (χ1v) is 7.71. The van der Waals surface area contributed by atoms with E-state index in [1.165, 1.54) is 0 Å². The first kappa shape index (κ1) is 16.5. The normalized spacial score (nSPS) is 10.5. The Labute approximate surface area is 144 Å². The van der Waals surface area contributed by atoms with Crippen LogP contribution in [0.1, 0.15) is 17.7 Å². The summed E-state index contributed by atoms with van der Waals surface area (Å²) in [4.78, 5) is 16.4. The first-order chi connectivity index (χ1) is 12.0. The number of aromatic nitrogens is 3. The van der Waals surface area contributed by atoms with Gasteiger partial charge >= 0.3 is 0 Å². The van der Waals surface area contributed by atoms with Gasteiger partial charge in [-0.15, -0.1) is 0 Å². The second kappa shape index (κ2) is 6.61. The lowest BCUT2D eigenvalue weighted by atomic mass is 10.1. The number of fused-ring (bicyclic) bond motifs is 1. The van der Waals surface area contributed by atoms with Crippen LogP contribution >= 0.6 is 0 Å². The zero-order valence-corrected chi connectivity index (χ0v) is 14.2. The third kappa shape index (κ3) is 3.15. The molecule has 0 fully saturated rings. The molecule has 3 aromatic rings. The molecule has 0 bridgehead atoms. The van der Waals surface area contributed by atoms with Crippen LogP contribution in [0.3, 0.4) is 0 Å². The van der Waals surface area contributed by atoms with Gasteiger partial charge in [0.2, 0.25) is 5.91 Å². The largest absolute Gasteiger partial charge is 0.494 e. The Balaban J connectivity index is 2.14. The van der Waals surface area contributed by atoms with Crippen molar-refractivity contribution in [3.8, 4) is 17.6 Å². The molecule has 3 rings (SSSR count). The highest BCUT2D eigenvalue weighted by Gasteiger charge is 2.14. The topological polar surface area (TPSA) is 92.8 Å². The van der Waals surface area contributed by atoms with Gasteiger partial charge < -0.3 is 10.1 Å². The van der Waals surface area contributed by atoms with Gasteiger partial charge in [-0.05, 0) is 31.5 Å². The Morgan fingerprint density at radius 2 is 2.16 bits per heavy atom. The molecular weight excluding hydrogens is 318 g/mol. The first-order valence-electron chi connectivity index (χ1n) is 7.71. The highest BCUT2D eigenvalue weighted by Crippen LogP contribution is 2.28. The molecule has 0 aliphatic heterocycles. The number of carbonyl (C=O) groups excluding carboxylic acids is 1. The molecule has 1 aromatic carbocycles. The molecule has 0 aliphatic carbocycles. The summed E-state index contributed by atoms with van der Waals surface area (Å²) in [6.45, 7) is 3.81. The molecule has 0 spiro atoms. The van der Waals surface area contributed by atoms with E-state index in [9.17, 15) is 4.79 Å². The number of nitriles is 1. The number of aryl methyl sites for hydroxylation is 2. The van der Waals surface area contributed by atoms with Crippen molar-refractivity contribution in [2.45, 2.75) is 20.3 Å². The van der Waals surface area contributed by atoms with E-state index in [4.69, 9.17) is 10.00 Å². The van der Waals surface area contributed by atoms with Crippen molar-refractivity contribution in [3.05, 3.63) is 41.6 Å². The lowest BCUT2D eigenvalue weighted by Gasteiger charge is -2.12. The van der Waals surface area contributed by atoms with Crippen molar-refractivity contribution >= 4 is 22.6 Å². The lowest BCUT2D eigenvalue weighted by molar-refractivity contribution is -0.115. The number of nitrogens with zero attached hydrogens (tertiary/aromatic N) is 4. The standard InChI is InChI=1S/C18H17N5O2/c1-11-9-15(21-18-13(11)5-4-6-14(18)25-3)23-16(10-12(2)22-23)20-17(24)7-8-19/h4-6,9-10H,7H2,1-3H3,(H,20,24). The highest BCUT2D eigenvalue weighted by molar-refractivity contribution is 5.92. The van der Waals surface area contributed by atoms with E-state index in [0.29, 0.717) is 17.4 Å². The minimum absolute atomic E-state index is 0.220. The third-order valence-corrected chi connectivity index (χ3v) is 3.77. The molecule has 25 heavy (non-hydrogen) atoms. The SMILES string of the molecule is COc1cccc2c(C)cc(-n3nc(C)cc3NC(=O)CC#N)nc12. The fourth-order valence-electron chi connectivity index (χ4n) is 2.67. The molecule has 2 aromatic heterocycles. The van der Waals surface area contributed by atoms with E-state index in [0.717, 1.165) is 22.2 Å². The van der Waals surface area contributed by atoms with E-state index in [-0.39, 0.29) is 6.42 Å². The molecule has 0 saturated carbocycles. The summed E-state index contributed by atoms with van der Waals surface area (Å²) in [5, 5.41) is 16.8. The maximum Gasteiger partial charge on any atom is 0.239 e. The molecule has 0 atom stereocenters. The van der Waals surface area contributed by atoms with E-state index >= 15 is 0 Å². The van der Waals surface area contributed by atoms with Gasteiger partial charge in [0.1, 0.15) is 23.5 Å². The van der Waals surface area contributed by atoms with E-state index in [1.54, 1.807) is 17.9 Å². The average molecular weight is 335 g/mol. The van der Waals surface area contributed by atoms with Crippen LogP contribution in [0.15, 0.2) is 30.3 Å². The maximum atomic E-state index is 11.8. The van der Waals surface area contributed by atoms with Crippen molar-refractivity contribution < 1.29 is 9.53 Å². The molecule has 126 valence electrons. The van der Waals surface area contributed by atoms with Crippen molar-refractivity contribution in [1.29, 1.82) is 5.26 Å². The fraction of sp³-hybridized carbons (Fsp3) is 0.222. The van der Waals surface area contributed by atoms with Gasteiger partial charge in [0.05, 0.1) is 18.9 Å². The minimum Gasteiger partial charge on any atom is -0.494 e. The molecule has 2 heterocycles. The van der Waals surface area contributed by atoms with Crippen LogP contribution in [0.25, 0.3) is 16.7 Å². The van der Waals surface area contributed by atoms with Gasteiger partial charge in [-0.1, -0.05) is 12.1 Å². The van der Waals surface area contributed by atoms with Gasteiger partial charge in [-0.25, -0.2) is 4.98 Å². The quantitative estimate of drug-likeness (QED) is 0.791. The predicted molar refractivity (Wildman–Crippen MR) is 93.8 cm³/mol. The van der Waals surface area contributed by atoms with E-state index in [1.807, 2.05) is 44.2 Å². The Kier molecular flexibility index (Phi) is 4.35. The number of pyridine rings is 1. The summed E-state index contributed by atoms with van der Waals surface area (Å²) in [6.07, 6.45) is -0.220. The predicted octanol–water partition coefficient (Wildman–Crippen LogP) is 2.90. The number of carbonyl (C=O) groups is 1. The zero-order chi connectivity index (χ0) is 18.0.